The third kappa shape index (κ3) is 4.18. The number of hydrogen-bond donors (Lipinski definition) is 0. The van der Waals surface area contributed by atoms with E-state index in [1.54, 1.807) is 21.3 Å². The van der Waals surface area contributed by atoms with E-state index in [0.29, 0.717) is 24.5 Å². The fourth-order valence-corrected chi connectivity index (χ4v) is 3.61. The summed E-state index contributed by atoms with van der Waals surface area (Å²) >= 11 is 0. The molecule has 3 rings (SSSR count). The largest absolute Gasteiger partial charge is 0.496 e. The number of esters is 1. The predicted octanol–water partition coefficient (Wildman–Crippen LogP) is 3.60. The van der Waals surface area contributed by atoms with Crippen molar-refractivity contribution < 1.29 is 23.7 Å². The van der Waals surface area contributed by atoms with Gasteiger partial charge in [-0.05, 0) is 54.7 Å². The zero-order valence-corrected chi connectivity index (χ0v) is 16.3. The number of benzene rings is 2. The monoisotopic (exact) mass is 370 g/mol. The van der Waals surface area contributed by atoms with Crippen LogP contribution in [0.2, 0.25) is 0 Å². The Hall–Kier alpha value is -2.69. The topological polar surface area (TPSA) is 54.0 Å². The molecule has 0 amide bonds. The van der Waals surface area contributed by atoms with Gasteiger partial charge in [-0.15, -0.1) is 0 Å². The predicted molar refractivity (Wildman–Crippen MR) is 103 cm³/mol. The molecule has 5 nitrogen and oxygen atoms in total. The summed E-state index contributed by atoms with van der Waals surface area (Å²) in [4.78, 5) is 12.3. The van der Waals surface area contributed by atoms with E-state index in [0.717, 1.165) is 28.9 Å². The minimum absolute atomic E-state index is 0.125. The molecule has 5 heteroatoms. The summed E-state index contributed by atoms with van der Waals surface area (Å²) in [5.41, 5.74) is 3.26. The van der Waals surface area contributed by atoms with Gasteiger partial charge in [-0.3, -0.25) is 4.79 Å². The smallest absolute Gasteiger partial charge is 0.309 e. The van der Waals surface area contributed by atoms with Gasteiger partial charge in [-0.2, -0.15) is 0 Å². The molecule has 2 unspecified atom stereocenters. The summed E-state index contributed by atoms with van der Waals surface area (Å²) in [5.74, 6) is 2.08. The Morgan fingerprint density at radius 1 is 0.889 bits per heavy atom. The molecule has 0 saturated carbocycles. The second-order valence-electron chi connectivity index (χ2n) is 6.90. The maximum Gasteiger partial charge on any atom is 0.309 e. The molecular weight excluding hydrogens is 344 g/mol. The second-order valence-corrected chi connectivity index (χ2v) is 6.90. The van der Waals surface area contributed by atoms with Gasteiger partial charge in [0.05, 0.1) is 33.9 Å². The van der Waals surface area contributed by atoms with Gasteiger partial charge in [-0.25, -0.2) is 0 Å². The molecule has 0 N–H and O–H groups in total. The van der Waals surface area contributed by atoms with Crippen molar-refractivity contribution >= 4 is 5.97 Å². The molecule has 1 aliphatic rings. The molecule has 27 heavy (non-hydrogen) atoms. The molecule has 2 aromatic rings. The molecule has 1 saturated heterocycles. The Kier molecular flexibility index (Phi) is 5.89. The first kappa shape index (κ1) is 19.1. The first-order valence-electron chi connectivity index (χ1n) is 9.06. The van der Waals surface area contributed by atoms with Gasteiger partial charge in [0, 0.05) is 5.92 Å². The average molecular weight is 370 g/mol. The van der Waals surface area contributed by atoms with Crippen LogP contribution in [-0.4, -0.2) is 33.9 Å². The zero-order chi connectivity index (χ0) is 19.4. The molecule has 2 atom stereocenters. The fraction of sp³-hybridized carbons (Fsp3) is 0.409. The summed E-state index contributed by atoms with van der Waals surface area (Å²) in [6.45, 7) is 2.45. The quantitative estimate of drug-likeness (QED) is 0.697. The lowest BCUT2D eigenvalue weighted by Gasteiger charge is -2.17. The van der Waals surface area contributed by atoms with Gasteiger partial charge in [0.1, 0.15) is 5.75 Å². The molecule has 2 aromatic carbocycles. The SMILES string of the molecule is COc1cc(CC2C(=O)OCC2Cc2ccc(OC)c(OC)c2)ccc1C. The number of carbonyl (C=O) groups excluding carboxylic acids is 1. The van der Waals surface area contributed by atoms with Crippen molar-refractivity contribution in [1.82, 2.24) is 0 Å². The van der Waals surface area contributed by atoms with E-state index in [1.807, 2.05) is 37.3 Å². The fourth-order valence-electron chi connectivity index (χ4n) is 3.61. The van der Waals surface area contributed by atoms with Crippen LogP contribution >= 0.6 is 0 Å². The molecule has 144 valence electrons. The average Bonchev–Trinajstić information content (AvgIpc) is 3.02. The van der Waals surface area contributed by atoms with Crippen LogP contribution in [0.1, 0.15) is 16.7 Å². The van der Waals surface area contributed by atoms with Crippen LogP contribution in [0.3, 0.4) is 0 Å². The molecule has 1 fully saturated rings. The van der Waals surface area contributed by atoms with E-state index >= 15 is 0 Å². The summed E-state index contributed by atoms with van der Waals surface area (Å²) in [6, 6.07) is 12.0. The maximum absolute atomic E-state index is 12.3. The first-order valence-corrected chi connectivity index (χ1v) is 9.06. The highest BCUT2D eigenvalue weighted by Crippen LogP contribution is 2.33. The van der Waals surface area contributed by atoms with E-state index in [9.17, 15) is 4.79 Å². The van der Waals surface area contributed by atoms with Crippen molar-refractivity contribution in [3.05, 3.63) is 53.1 Å². The summed E-state index contributed by atoms with van der Waals surface area (Å²) in [7, 11) is 4.90. The number of methoxy groups -OCH3 is 3. The van der Waals surface area contributed by atoms with Gasteiger partial charge >= 0.3 is 5.97 Å². The van der Waals surface area contributed by atoms with Crippen LogP contribution < -0.4 is 14.2 Å². The van der Waals surface area contributed by atoms with Crippen LogP contribution in [-0.2, 0) is 22.4 Å². The lowest BCUT2D eigenvalue weighted by atomic mass is 9.85. The van der Waals surface area contributed by atoms with Crippen LogP contribution in [0.4, 0.5) is 0 Å². The molecule has 0 aromatic heterocycles. The van der Waals surface area contributed by atoms with Crippen molar-refractivity contribution in [1.29, 1.82) is 0 Å². The number of rotatable bonds is 7. The van der Waals surface area contributed by atoms with Gasteiger partial charge < -0.3 is 18.9 Å². The molecule has 1 aliphatic heterocycles. The van der Waals surface area contributed by atoms with E-state index in [4.69, 9.17) is 18.9 Å². The van der Waals surface area contributed by atoms with E-state index in [1.165, 1.54) is 0 Å². The normalized spacial score (nSPS) is 18.9. The number of carbonyl (C=O) groups is 1. The molecule has 0 radical (unpaired) electrons. The highest BCUT2D eigenvalue weighted by molar-refractivity contribution is 5.75. The summed E-state index contributed by atoms with van der Waals surface area (Å²) in [6.07, 6.45) is 1.40. The standard InChI is InChI=1S/C22H26O5/c1-14-5-6-16(11-20(14)25-3)10-18-17(13-27-22(18)23)9-15-7-8-19(24-2)21(12-15)26-4/h5-8,11-12,17-18H,9-10,13H2,1-4H3. The number of cyclic esters (lactones) is 1. The van der Waals surface area contributed by atoms with Gasteiger partial charge in [-0.1, -0.05) is 18.2 Å². The zero-order valence-electron chi connectivity index (χ0n) is 16.3. The van der Waals surface area contributed by atoms with Crippen molar-refractivity contribution in [2.24, 2.45) is 11.8 Å². The number of hydrogen-bond acceptors (Lipinski definition) is 5. The van der Waals surface area contributed by atoms with E-state index < -0.39 is 0 Å². The van der Waals surface area contributed by atoms with E-state index in [-0.39, 0.29) is 17.8 Å². The van der Waals surface area contributed by atoms with Gasteiger partial charge in [0.15, 0.2) is 11.5 Å². The summed E-state index contributed by atoms with van der Waals surface area (Å²) < 4.78 is 21.5. The Bertz CT molecular complexity index is 814. The lowest BCUT2D eigenvalue weighted by molar-refractivity contribution is -0.141. The Morgan fingerprint density at radius 2 is 1.52 bits per heavy atom. The highest BCUT2D eigenvalue weighted by atomic mass is 16.5. The van der Waals surface area contributed by atoms with Crippen molar-refractivity contribution in [3.63, 3.8) is 0 Å². The Balaban J connectivity index is 1.76. The summed E-state index contributed by atoms with van der Waals surface area (Å²) in [5, 5.41) is 0. The first-order chi connectivity index (χ1) is 13.0. The molecule has 1 heterocycles. The molecule has 0 bridgehead atoms. The number of ether oxygens (including phenoxy) is 4. The van der Waals surface area contributed by atoms with Crippen LogP contribution in [0.15, 0.2) is 36.4 Å². The molecule has 0 spiro atoms. The third-order valence-electron chi connectivity index (χ3n) is 5.19. The minimum Gasteiger partial charge on any atom is -0.496 e. The minimum atomic E-state index is -0.162. The Labute approximate surface area is 160 Å². The van der Waals surface area contributed by atoms with Crippen molar-refractivity contribution in [3.8, 4) is 17.2 Å². The Morgan fingerprint density at radius 3 is 2.22 bits per heavy atom. The van der Waals surface area contributed by atoms with Crippen molar-refractivity contribution in [2.45, 2.75) is 19.8 Å². The van der Waals surface area contributed by atoms with Gasteiger partial charge in [0.2, 0.25) is 0 Å². The van der Waals surface area contributed by atoms with Crippen LogP contribution in [0.25, 0.3) is 0 Å². The van der Waals surface area contributed by atoms with Crippen LogP contribution in [0.5, 0.6) is 17.2 Å². The lowest BCUT2D eigenvalue weighted by Crippen LogP contribution is -2.20. The van der Waals surface area contributed by atoms with Crippen LogP contribution in [0, 0.1) is 18.8 Å². The second kappa shape index (κ2) is 8.33. The van der Waals surface area contributed by atoms with E-state index in [2.05, 4.69) is 6.07 Å². The third-order valence-corrected chi connectivity index (χ3v) is 5.19. The molecule has 0 aliphatic carbocycles. The number of aryl methyl sites for hydroxylation is 1. The van der Waals surface area contributed by atoms with Crippen molar-refractivity contribution in [2.75, 3.05) is 27.9 Å². The molecular formula is C22H26O5. The maximum atomic E-state index is 12.3. The highest BCUT2D eigenvalue weighted by Gasteiger charge is 2.37. The van der Waals surface area contributed by atoms with Gasteiger partial charge in [0.25, 0.3) is 0 Å².